The van der Waals surface area contributed by atoms with Crippen LogP contribution in [0.3, 0.4) is 0 Å². The van der Waals surface area contributed by atoms with Crippen molar-refractivity contribution in [3.8, 4) is 78.7 Å². The van der Waals surface area contributed by atoms with E-state index >= 15 is 0 Å². The minimum Gasteiger partial charge on any atom is -0.208 e. The average molecular weight is 900 g/mol. The van der Waals surface area contributed by atoms with E-state index in [0.29, 0.717) is 17.5 Å². The second-order valence-electron chi connectivity index (χ2n) is 18.9. The number of nitrogens with zero attached hydrogens (tertiary/aromatic N) is 3. The summed E-state index contributed by atoms with van der Waals surface area (Å²) in [5.41, 5.74) is 17.9. The summed E-state index contributed by atoms with van der Waals surface area (Å²) < 4.78 is 0. The lowest BCUT2D eigenvalue weighted by Crippen LogP contribution is -2.25. The van der Waals surface area contributed by atoms with Crippen molar-refractivity contribution in [1.82, 2.24) is 15.0 Å². The van der Waals surface area contributed by atoms with Gasteiger partial charge in [-0.25, -0.2) is 15.0 Å². The lowest BCUT2D eigenvalue weighted by atomic mass is 9.70. The molecule has 13 aromatic rings. The molecular weight excluding hydrogens is 859 g/mol. The maximum Gasteiger partial charge on any atom is 0.165 e. The zero-order chi connectivity index (χ0) is 46.6. The third-order valence-corrected chi connectivity index (χ3v) is 15.3. The van der Waals surface area contributed by atoms with Crippen LogP contribution in [-0.4, -0.2) is 15.0 Å². The van der Waals surface area contributed by atoms with E-state index in [0.717, 1.165) is 38.2 Å². The van der Waals surface area contributed by atoms with Crippen molar-refractivity contribution >= 4 is 43.1 Å². The Morgan fingerprint density at radius 3 is 0.930 bits per heavy atom. The van der Waals surface area contributed by atoms with Gasteiger partial charge < -0.3 is 0 Å². The van der Waals surface area contributed by atoms with E-state index in [1.165, 1.54) is 88.3 Å². The van der Waals surface area contributed by atoms with Crippen LogP contribution in [-0.2, 0) is 5.41 Å². The maximum absolute atomic E-state index is 5.31. The standard InChI is InChI=1S/C68H41N3/c1-3-21-42(22-4-1)65-69-66(43-23-5-2-6-24-43)71-67(70-65)64-55-34-13-11-32-53(55)63(54-33-12-14-35-56(54)64)62-51-30-9-7-28-49(51)61(50-29-8-10-31-52(50)62)44-39-40-48-47-27-17-20-38-59(47)68(60(48)41-44)57-36-18-15-25-45(57)46-26-16-19-37-58(46)68/h1-41H. The third kappa shape index (κ3) is 5.63. The predicted octanol–water partition coefficient (Wildman–Crippen LogP) is 17.2. The van der Waals surface area contributed by atoms with E-state index in [2.05, 4.69) is 212 Å². The first-order chi connectivity index (χ1) is 35.3. The molecular formula is C68H41N3. The predicted molar refractivity (Wildman–Crippen MR) is 293 cm³/mol. The molecule has 2 aliphatic carbocycles. The molecule has 0 aliphatic heterocycles. The highest BCUT2D eigenvalue weighted by Crippen LogP contribution is 2.63. The van der Waals surface area contributed by atoms with Crippen molar-refractivity contribution in [1.29, 1.82) is 0 Å². The smallest absolute Gasteiger partial charge is 0.165 e. The first kappa shape index (κ1) is 39.7. The fourth-order valence-corrected chi connectivity index (χ4v) is 12.5. The van der Waals surface area contributed by atoms with Crippen LogP contribution < -0.4 is 0 Å². The first-order valence-electron chi connectivity index (χ1n) is 24.4. The van der Waals surface area contributed by atoms with Crippen molar-refractivity contribution < 1.29 is 0 Å². The Morgan fingerprint density at radius 2 is 0.521 bits per heavy atom. The highest BCUT2D eigenvalue weighted by atomic mass is 15.0. The van der Waals surface area contributed by atoms with E-state index in [1.54, 1.807) is 0 Å². The maximum atomic E-state index is 5.31. The second-order valence-corrected chi connectivity index (χ2v) is 18.9. The number of fused-ring (bicyclic) bond motifs is 14. The van der Waals surface area contributed by atoms with Crippen LogP contribution in [0.4, 0.5) is 0 Å². The molecule has 3 nitrogen and oxygen atoms in total. The van der Waals surface area contributed by atoms with Gasteiger partial charge in [0.25, 0.3) is 0 Å². The fourth-order valence-electron chi connectivity index (χ4n) is 12.5. The van der Waals surface area contributed by atoms with Gasteiger partial charge >= 0.3 is 0 Å². The summed E-state index contributed by atoms with van der Waals surface area (Å²) in [5.74, 6) is 1.93. The molecule has 0 unspecified atom stereocenters. The fraction of sp³-hybridized carbons (Fsp3) is 0.0147. The summed E-state index contributed by atoms with van der Waals surface area (Å²) in [6, 6.07) is 90.8. The Kier molecular flexibility index (Phi) is 8.57. The summed E-state index contributed by atoms with van der Waals surface area (Å²) >= 11 is 0. The van der Waals surface area contributed by atoms with Gasteiger partial charge in [0.05, 0.1) is 5.41 Å². The van der Waals surface area contributed by atoms with Crippen LogP contribution in [0.2, 0.25) is 0 Å². The van der Waals surface area contributed by atoms with Crippen molar-refractivity contribution in [3.63, 3.8) is 0 Å². The summed E-state index contributed by atoms with van der Waals surface area (Å²) in [5, 5.41) is 9.30. The first-order valence-corrected chi connectivity index (χ1v) is 24.4. The Hall–Kier alpha value is -9.31. The Balaban J connectivity index is 1.01. The lowest BCUT2D eigenvalue weighted by Gasteiger charge is -2.31. The van der Waals surface area contributed by atoms with E-state index in [4.69, 9.17) is 15.0 Å². The molecule has 2 aliphatic rings. The van der Waals surface area contributed by atoms with E-state index in [-0.39, 0.29) is 0 Å². The molecule has 0 fully saturated rings. The van der Waals surface area contributed by atoms with E-state index in [9.17, 15) is 0 Å². The molecule has 12 aromatic carbocycles. The normalized spacial score (nSPS) is 12.9. The van der Waals surface area contributed by atoms with Crippen LogP contribution >= 0.6 is 0 Å². The minimum absolute atomic E-state index is 0.442. The van der Waals surface area contributed by atoms with Gasteiger partial charge in [0.15, 0.2) is 17.5 Å². The van der Waals surface area contributed by atoms with Gasteiger partial charge in [0.2, 0.25) is 0 Å². The molecule has 0 saturated heterocycles. The molecule has 71 heavy (non-hydrogen) atoms. The van der Waals surface area contributed by atoms with Crippen LogP contribution in [0.1, 0.15) is 22.3 Å². The molecule has 3 heteroatoms. The van der Waals surface area contributed by atoms with E-state index in [1.807, 2.05) is 36.4 Å². The van der Waals surface area contributed by atoms with Gasteiger partial charge in [-0.2, -0.15) is 0 Å². The molecule has 1 aromatic heterocycles. The molecule has 15 rings (SSSR count). The molecule has 1 spiro atoms. The Labute approximate surface area is 411 Å². The van der Waals surface area contributed by atoms with E-state index < -0.39 is 5.41 Å². The molecule has 328 valence electrons. The number of benzene rings is 12. The van der Waals surface area contributed by atoms with Gasteiger partial charge in [-0.1, -0.05) is 243 Å². The van der Waals surface area contributed by atoms with Gasteiger partial charge in [0, 0.05) is 16.7 Å². The van der Waals surface area contributed by atoms with Crippen molar-refractivity contribution in [3.05, 3.63) is 271 Å². The molecule has 0 N–H and O–H groups in total. The van der Waals surface area contributed by atoms with Gasteiger partial charge in [-0.05, 0) is 116 Å². The van der Waals surface area contributed by atoms with Crippen molar-refractivity contribution in [2.75, 3.05) is 0 Å². The molecule has 1 heterocycles. The van der Waals surface area contributed by atoms with Crippen LogP contribution in [0.15, 0.2) is 249 Å². The quantitative estimate of drug-likeness (QED) is 0.162. The van der Waals surface area contributed by atoms with Crippen molar-refractivity contribution in [2.24, 2.45) is 0 Å². The second kappa shape index (κ2) is 15.3. The summed E-state index contributed by atoms with van der Waals surface area (Å²) in [6.07, 6.45) is 0. The molecule has 0 atom stereocenters. The Bertz CT molecular complexity index is 4110. The number of hydrogen-bond donors (Lipinski definition) is 0. The van der Waals surface area contributed by atoms with Crippen LogP contribution in [0, 0.1) is 0 Å². The summed E-state index contributed by atoms with van der Waals surface area (Å²) in [6.45, 7) is 0. The number of hydrogen-bond acceptors (Lipinski definition) is 3. The molecule has 0 bridgehead atoms. The lowest BCUT2D eigenvalue weighted by molar-refractivity contribution is 0.794. The highest BCUT2D eigenvalue weighted by molar-refractivity contribution is 6.29. The SMILES string of the molecule is c1ccc(-c2nc(-c3ccccc3)nc(-c3c4ccccc4c(-c4c5ccccc5c(-c5ccc6c(c5)C5(c7ccccc7-c7ccccc75)c5ccccc5-6)c5ccccc45)c4ccccc34)n2)cc1. The van der Waals surface area contributed by atoms with Gasteiger partial charge in [0.1, 0.15) is 0 Å². The monoisotopic (exact) mass is 899 g/mol. The number of aromatic nitrogens is 3. The zero-order valence-electron chi connectivity index (χ0n) is 38.5. The summed E-state index contributed by atoms with van der Waals surface area (Å²) in [4.78, 5) is 15.7. The largest absolute Gasteiger partial charge is 0.208 e. The zero-order valence-corrected chi connectivity index (χ0v) is 38.5. The number of rotatable bonds is 5. The topological polar surface area (TPSA) is 38.7 Å². The third-order valence-electron chi connectivity index (χ3n) is 15.3. The van der Waals surface area contributed by atoms with Crippen molar-refractivity contribution in [2.45, 2.75) is 5.41 Å². The van der Waals surface area contributed by atoms with Gasteiger partial charge in [-0.15, -0.1) is 0 Å². The highest BCUT2D eigenvalue weighted by Gasteiger charge is 2.51. The Morgan fingerprint density at radius 1 is 0.211 bits per heavy atom. The van der Waals surface area contributed by atoms with Gasteiger partial charge in [-0.3, -0.25) is 0 Å². The molecule has 0 radical (unpaired) electrons. The molecule has 0 amide bonds. The van der Waals surface area contributed by atoms with Crippen LogP contribution in [0.5, 0.6) is 0 Å². The average Bonchev–Trinajstić information content (AvgIpc) is 3.92. The molecule has 0 saturated carbocycles. The minimum atomic E-state index is -0.442. The van der Waals surface area contributed by atoms with Crippen LogP contribution in [0.25, 0.3) is 122 Å². The summed E-state index contributed by atoms with van der Waals surface area (Å²) in [7, 11) is 0.